The van der Waals surface area contributed by atoms with Crippen molar-refractivity contribution < 1.29 is 13.5 Å². The first-order valence-electron chi connectivity index (χ1n) is 6.16. The summed E-state index contributed by atoms with van der Waals surface area (Å²) in [6.45, 7) is -0.837. The predicted octanol–water partition coefficient (Wildman–Crippen LogP) is 5.30. The molecule has 1 fully saturated rings. The van der Waals surface area contributed by atoms with Gasteiger partial charge < -0.3 is 10.1 Å². The van der Waals surface area contributed by atoms with Crippen LogP contribution in [-0.2, 0) is 0 Å². The van der Waals surface area contributed by atoms with Crippen LogP contribution >= 0.6 is 27.5 Å². The first-order chi connectivity index (χ1) is 8.95. The van der Waals surface area contributed by atoms with Crippen molar-refractivity contribution >= 4 is 33.2 Å². The number of anilines is 1. The molecule has 1 aromatic carbocycles. The lowest BCUT2D eigenvalue weighted by atomic mass is 10.1. The van der Waals surface area contributed by atoms with Gasteiger partial charge in [-0.2, -0.15) is 8.78 Å². The highest BCUT2D eigenvalue weighted by Gasteiger charge is 2.24. The quantitative estimate of drug-likeness (QED) is 0.748. The van der Waals surface area contributed by atoms with E-state index < -0.39 is 6.61 Å². The van der Waals surface area contributed by atoms with E-state index in [1.807, 2.05) is 6.92 Å². The lowest BCUT2D eigenvalue weighted by Gasteiger charge is -2.19. The van der Waals surface area contributed by atoms with E-state index >= 15 is 0 Å². The fourth-order valence-electron chi connectivity index (χ4n) is 2.05. The van der Waals surface area contributed by atoms with Crippen LogP contribution in [0.5, 0.6) is 5.75 Å². The predicted molar refractivity (Wildman–Crippen MR) is 76.2 cm³/mol. The van der Waals surface area contributed by atoms with E-state index in [1.165, 1.54) is 18.9 Å². The van der Waals surface area contributed by atoms with E-state index in [2.05, 4.69) is 26.0 Å². The largest absolute Gasteiger partial charge is 0.431 e. The van der Waals surface area contributed by atoms with Crippen LogP contribution in [0, 0.1) is 5.92 Å². The summed E-state index contributed by atoms with van der Waals surface area (Å²) >= 11 is 9.14. The molecule has 1 N–H and O–H groups in total. The van der Waals surface area contributed by atoms with Crippen LogP contribution in [0.25, 0.3) is 0 Å². The molecule has 19 heavy (non-hydrogen) atoms. The molecule has 2 nitrogen and oxygen atoms in total. The van der Waals surface area contributed by atoms with Crippen molar-refractivity contribution in [3.8, 4) is 5.75 Å². The Balaban J connectivity index is 2.15. The van der Waals surface area contributed by atoms with Crippen LogP contribution in [0.15, 0.2) is 16.6 Å². The van der Waals surface area contributed by atoms with Gasteiger partial charge in [0.25, 0.3) is 0 Å². The van der Waals surface area contributed by atoms with E-state index in [0.717, 1.165) is 12.3 Å². The molecular formula is C13H15BrClF2NO. The zero-order valence-corrected chi connectivity index (χ0v) is 12.8. The maximum Gasteiger partial charge on any atom is 0.387 e. The summed E-state index contributed by atoms with van der Waals surface area (Å²) in [6, 6.07) is 3.33. The Morgan fingerprint density at radius 1 is 1.47 bits per heavy atom. The lowest BCUT2D eigenvalue weighted by Crippen LogP contribution is -2.17. The Morgan fingerprint density at radius 3 is 2.74 bits per heavy atom. The summed E-state index contributed by atoms with van der Waals surface area (Å²) in [5.74, 6) is 0.853. The average molecular weight is 355 g/mol. The smallest absolute Gasteiger partial charge is 0.387 e. The first kappa shape index (κ1) is 14.9. The fraction of sp³-hybridized carbons (Fsp3) is 0.538. The van der Waals surface area contributed by atoms with Gasteiger partial charge in [0.1, 0.15) is 0 Å². The number of halogens is 4. The van der Waals surface area contributed by atoms with Crippen LogP contribution in [0.3, 0.4) is 0 Å². The van der Waals surface area contributed by atoms with E-state index in [-0.39, 0.29) is 11.8 Å². The third-order valence-electron chi connectivity index (χ3n) is 3.00. The van der Waals surface area contributed by atoms with Crippen molar-refractivity contribution in [1.82, 2.24) is 0 Å². The summed E-state index contributed by atoms with van der Waals surface area (Å²) in [7, 11) is 0. The Hall–Kier alpha value is -0.550. The standard InChI is InChI=1S/C13H15BrClF2NO/c1-7(4-8-2-3-8)18-11-6-9(15)5-10(14)12(11)19-13(16)17/h5-8,13,18H,2-4H2,1H3. The Labute approximate surface area is 124 Å². The first-order valence-corrected chi connectivity index (χ1v) is 7.33. The van der Waals surface area contributed by atoms with Crippen LogP contribution < -0.4 is 10.1 Å². The number of rotatable bonds is 6. The SMILES string of the molecule is CC(CC1CC1)Nc1cc(Cl)cc(Br)c1OC(F)F. The molecule has 6 heteroatoms. The number of benzene rings is 1. The number of alkyl halides is 2. The molecule has 1 aromatic rings. The second kappa shape index (κ2) is 6.27. The van der Waals surface area contributed by atoms with Gasteiger partial charge in [-0.15, -0.1) is 0 Å². The number of hydrogen-bond acceptors (Lipinski definition) is 2. The van der Waals surface area contributed by atoms with Crippen molar-refractivity contribution in [2.45, 2.75) is 38.8 Å². The second-order valence-electron chi connectivity index (χ2n) is 4.87. The van der Waals surface area contributed by atoms with E-state index in [4.69, 9.17) is 11.6 Å². The minimum atomic E-state index is -2.86. The maximum atomic E-state index is 12.4. The summed E-state index contributed by atoms with van der Waals surface area (Å²) in [6.07, 6.45) is 3.54. The zero-order valence-electron chi connectivity index (χ0n) is 10.4. The van der Waals surface area contributed by atoms with Crippen molar-refractivity contribution in [2.75, 3.05) is 5.32 Å². The fourth-order valence-corrected chi connectivity index (χ4v) is 2.96. The summed E-state index contributed by atoms with van der Waals surface area (Å²) in [4.78, 5) is 0. The van der Waals surface area contributed by atoms with Crippen molar-refractivity contribution in [1.29, 1.82) is 0 Å². The number of nitrogens with one attached hydrogen (secondary N) is 1. The Bertz CT molecular complexity index is 455. The van der Waals surface area contributed by atoms with E-state index in [9.17, 15) is 8.78 Å². The molecule has 106 valence electrons. The molecule has 0 radical (unpaired) electrons. The summed E-state index contributed by atoms with van der Waals surface area (Å²) in [5.41, 5.74) is 0.493. The highest BCUT2D eigenvalue weighted by atomic mass is 79.9. The molecule has 1 saturated carbocycles. The second-order valence-corrected chi connectivity index (χ2v) is 6.16. The third-order valence-corrected chi connectivity index (χ3v) is 3.81. The molecule has 0 heterocycles. The van der Waals surface area contributed by atoms with Gasteiger partial charge in [-0.05, 0) is 47.3 Å². The van der Waals surface area contributed by atoms with Crippen molar-refractivity contribution in [2.24, 2.45) is 5.92 Å². The van der Waals surface area contributed by atoms with Gasteiger partial charge in [0.05, 0.1) is 10.2 Å². The Morgan fingerprint density at radius 2 is 2.16 bits per heavy atom. The van der Waals surface area contributed by atoms with Crippen molar-refractivity contribution in [3.63, 3.8) is 0 Å². The van der Waals surface area contributed by atoms with Gasteiger partial charge in [0.2, 0.25) is 0 Å². The molecule has 0 saturated heterocycles. The van der Waals surface area contributed by atoms with Crippen LogP contribution in [0.2, 0.25) is 5.02 Å². The highest BCUT2D eigenvalue weighted by molar-refractivity contribution is 9.10. The molecular weight excluding hydrogens is 340 g/mol. The highest BCUT2D eigenvalue weighted by Crippen LogP contribution is 2.39. The molecule has 2 rings (SSSR count). The normalized spacial score (nSPS) is 16.5. The topological polar surface area (TPSA) is 21.3 Å². The molecule has 1 unspecified atom stereocenters. The van der Waals surface area contributed by atoms with Gasteiger partial charge in [0.15, 0.2) is 5.75 Å². The van der Waals surface area contributed by atoms with E-state index in [0.29, 0.717) is 15.2 Å². The molecule has 0 aliphatic heterocycles. The minimum Gasteiger partial charge on any atom is -0.431 e. The lowest BCUT2D eigenvalue weighted by molar-refractivity contribution is -0.0498. The van der Waals surface area contributed by atoms with Crippen molar-refractivity contribution in [3.05, 3.63) is 21.6 Å². The average Bonchev–Trinajstić information content (AvgIpc) is 3.06. The zero-order chi connectivity index (χ0) is 14.0. The van der Waals surface area contributed by atoms with Gasteiger partial charge in [0, 0.05) is 11.1 Å². The molecule has 0 aromatic heterocycles. The molecule has 0 bridgehead atoms. The molecule has 1 aliphatic rings. The summed E-state index contributed by atoms with van der Waals surface area (Å²) in [5, 5.41) is 3.66. The van der Waals surface area contributed by atoms with E-state index in [1.54, 1.807) is 6.07 Å². The van der Waals surface area contributed by atoms with Crippen LogP contribution in [0.1, 0.15) is 26.2 Å². The minimum absolute atomic E-state index is 0.0991. The number of hydrogen-bond donors (Lipinski definition) is 1. The Kier molecular flexibility index (Phi) is 4.90. The monoisotopic (exact) mass is 353 g/mol. The van der Waals surface area contributed by atoms with Gasteiger partial charge in [-0.1, -0.05) is 24.4 Å². The summed E-state index contributed by atoms with van der Waals surface area (Å²) < 4.78 is 29.8. The maximum absolute atomic E-state index is 12.4. The molecule has 1 atom stereocenters. The number of ether oxygens (including phenoxy) is 1. The molecule has 1 aliphatic carbocycles. The van der Waals surface area contributed by atoms with Crippen LogP contribution in [0.4, 0.5) is 14.5 Å². The molecule has 0 amide bonds. The van der Waals surface area contributed by atoms with Crippen LogP contribution in [-0.4, -0.2) is 12.7 Å². The third kappa shape index (κ3) is 4.49. The van der Waals surface area contributed by atoms with Gasteiger partial charge in [-0.3, -0.25) is 0 Å². The van der Waals surface area contributed by atoms with Gasteiger partial charge >= 0.3 is 6.61 Å². The van der Waals surface area contributed by atoms with Gasteiger partial charge in [-0.25, -0.2) is 0 Å². The molecule has 0 spiro atoms.